The first-order valence-corrected chi connectivity index (χ1v) is 9.89. The fourth-order valence-electron chi connectivity index (χ4n) is 3.22. The van der Waals surface area contributed by atoms with Crippen molar-refractivity contribution < 1.29 is 9.90 Å². The number of hydrogen-bond donors (Lipinski definition) is 3. The summed E-state index contributed by atoms with van der Waals surface area (Å²) in [4.78, 5) is 12.5. The van der Waals surface area contributed by atoms with Crippen molar-refractivity contribution >= 4 is 40.5 Å². The van der Waals surface area contributed by atoms with Crippen LogP contribution in [0.5, 0.6) is 5.75 Å². The van der Waals surface area contributed by atoms with Crippen LogP contribution in [0.25, 0.3) is 0 Å². The van der Waals surface area contributed by atoms with Gasteiger partial charge in [0.15, 0.2) is 0 Å². The van der Waals surface area contributed by atoms with Crippen molar-refractivity contribution in [2.24, 2.45) is 5.10 Å². The normalized spacial score (nSPS) is 16.1. The van der Waals surface area contributed by atoms with Gasteiger partial charge in [0, 0.05) is 17.8 Å². The highest BCUT2D eigenvalue weighted by Gasteiger charge is 2.23. The Morgan fingerprint density at radius 3 is 2.71 bits per heavy atom. The van der Waals surface area contributed by atoms with Crippen molar-refractivity contribution in [3.05, 3.63) is 57.1 Å². The molecule has 0 aromatic heterocycles. The number of anilines is 1. The van der Waals surface area contributed by atoms with E-state index in [0.29, 0.717) is 22.2 Å². The summed E-state index contributed by atoms with van der Waals surface area (Å²) in [6.45, 7) is 5.85. The Morgan fingerprint density at radius 2 is 2.04 bits per heavy atom. The molecule has 1 heterocycles. The molecule has 0 saturated carbocycles. The molecule has 3 N–H and O–H groups in total. The summed E-state index contributed by atoms with van der Waals surface area (Å²) in [5.41, 5.74) is 7.13. The fourth-order valence-corrected chi connectivity index (χ4v) is 3.52. The lowest BCUT2D eigenvalue weighted by Gasteiger charge is -2.14. The first-order valence-electron chi connectivity index (χ1n) is 9.14. The van der Waals surface area contributed by atoms with Crippen LogP contribution in [0.2, 0.25) is 10.0 Å². The molecule has 0 fully saturated rings. The number of aryl methyl sites for hydroxylation is 1. The molecule has 0 saturated heterocycles. The fraction of sp³-hybridized carbons (Fsp3) is 0.333. The third-order valence-corrected chi connectivity index (χ3v) is 5.54. The quantitative estimate of drug-likeness (QED) is 0.556. The monoisotopic (exact) mass is 419 g/mol. The van der Waals surface area contributed by atoms with Gasteiger partial charge in [0.25, 0.3) is 0 Å². The van der Waals surface area contributed by atoms with E-state index in [1.54, 1.807) is 12.1 Å². The highest BCUT2D eigenvalue weighted by atomic mass is 35.5. The van der Waals surface area contributed by atoms with E-state index in [2.05, 4.69) is 15.8 Å². The number of halogens is 2. The van der Waals surface area contributed by atoms with Gasteiger partial charge in [-0.05, 0) is 53.8 Å². The van der Waals surface area contributed by atoms with Crippen LogP contribution in [-0.4, -0.2) is 16.7 Å². The first-order chi connectivity index (χ1) is 13.2. The van der Waals surface area contributed by atoms with E-state index in [0.717, 1.165) is 22.4 Å². The number of nitrogens with zero attached hydrogens (tertiary/aromatic N) is 1. The molecule has 0 aliphatic carbocycles. The molecule has 1 unspecified atom stereocenters. The van der Waals surface area contributed by atoms with Crippen molar-refractivity contribution in [1.29, 1.82) is 0 Å². The third kappa shape index (κ3) is 4.59. The molecule has 0 spiro atoms. The van der Waals surface area contributed by atoms with Crippen LogP contribution in [-0.2, 0) is 4.79 Å². The van der Waals surface area contributed by atoms with Crippen molar-refractivity contribution in [2.75, 3.05) is 5.32 Å². The molecule has 5 nitrogen and oxygen atoms in total. The smallest absolute Gasteiger partial charge is 0.230 e. The standard InChI is InChI=1S/C21H23Cl2N3O2/c1-11(2)15-10-18(12(3)6-20(15)27)24-21(28)9-14-8-19(26-25-14)13-4-5-16(22)17(23)7-13/h4-7,10-11,19,26-27H,8-9H2,1-3H3,(H,24,28). The molecule has 1 atom stereocenters. The predicted octanol–water partition coefficient (Wildman–Crippen LogP) is 5.55. The summed E-state index contributed by atoms with van der Waals surface area (Å²) in [5.74, 6) is 0.268. The highest BCUT2D eigenvalue weighted by molar-refractivity contribution is 6.42. The molecule has 2 aromatic carbocycles. The largest absolute Gasteiger partial charge is 0.508 e. The Kier molecular flexibility index (Phi) is 6.16. The molecule has 0 radical (unpaired) electrons. The van der Waals surface area contributed by atoms with Crippen LogP contribution < -0.4 is 10.7 Å². The van der Waals surface area contributed by atoms with Crippen molar-refractivity contribution in [1.82, 2.24) is 5.43 Å². The van der Waals surface area contributed by atoms with Crippen molar-refractivity contribution in [3.8, 4) is 5.75 Å². The zero-order valence-corrected chi connectivity index (χ0v) is 17.5. The Balaban J connectivity index is 1.63. The van der Waals surface area contributed by atoms with E-state index in [1.807, 2.05) is 39.0 Å². The molecular formula is C21H23Cl2N3O2. The molecular weight excluding hydrogens is 397 g/mol. The van der Waals surface area contributed by atoms with Gasteiger partial charge in [-0.2, -0.15) is 5.10 Å². The molecule has 148 valence electrons. The maximum atomic E-state index is 12.5. The third-order valence-electron chi connectivity index (χ3n) is 4.80. The van der Waals surface area contributed by atoms with Gasteiger partial charge in [-0.25, -0.2) is 0 Å². The molecule has 1 aliphatic heterocycles. The Hall–Kier alpha value is -2.24. The van der Waals surface area contributed by atoms with Gasteiger partial charge in [-0.1, -0.05) is 43.1 Å². The van der Waals surface area contributed by atoms with Crippen LogP contribution in [0.1, 0.15) is 55.3 Å². The first kappa shape index (κ1) is 20.5. The number of phenols is 1. The minimum Gasteiger partial charge on any atom is -0.508 e. The topological polar surface area (TPSA) is 73.7 Å². The van der Waals surface area contributed by atoms with Crippen LogP contribution in [0.3, 0.4) is 0 Å². The number of hydrogen-bond acceptors (Lipinski definition) is 4. The van der Waals surface area contributed by atoms with Crippen LogP contribution in [0, 0.1) is 6.92 Å². The van der Waals surface area contributed by atoms with E-state index in [9.17, 15) is 9.90 Å². The van der Waals surface area contributed by atoms with Crippen LogP contribution >= 0.6 is 23.2 Å². The van der Waals surface area contributed by atoms with Gasteiger partial charge < -0.3 is 15.8 Å². The van der Waals surface area contributed by atoms with Gasteiger partial charge in [-0.3, -0.25) is 4.79 Å². The van der Waals surface area contributed by atoms with E-state index in [-0.39, 0.29) is 30.0 Å². The van der Waals surface area contributed by atoms with Gasteiger partial charge in [0.1, 0.15) is 5.75 Å². The summed E-state index contributed by atoms with van der Waals surface area (Å²) >= 11 is 12.1. The maximum Gasteiger partial charge on any atom is 0.230 e. The Morgan fingerprint density at radius 1 is 1.29 bits per heavy atom. The van der Waals surface area contributed by atoms with Crippen molar-refractivity contribution in [2.45, 2.75) is 45.6 Å². The molecule has 28 heavy (non-hydrogen) atoms. The zero-order valence-electron chi connectivity index (χ0n) is 16.0. The highest BCUT2D eigenvalue weighted by Crippen LogP contribution is 2.32. The maximum absolute atomic E-state index is 12.5. The van der Waals surface area contributed by atoms with Gasteiger partial charge in [-0.15, -0.1) is 0 Å². The van der Waals surface area contributed by atoms with Gasteiger partial charge >= 0.3 is 0 Å². The minimum absolute atomic E-state index is 0.0273. The van der Waals surface area contributed by atoms with Crippen molar-refractivity contribution in [3.63, 3.8) is 0 Å². The molecule has 2 aromatic rings. The summed E-state index contributed by atoms with van der Waals surface area (Å²) in [6, 6.07) is 8.96. The lowest BCUT2D eigenvalue weighted by Crippen LogP contribution is -2.17. The molecule has 0 bridgehead atoms. The number of amides is 1. The summed E-state index contributed by atoms with van der Waals surface area (Å²) in [7, 11) is 0. The number of phenolic OH excluding ortho intramolecular Hbond substituents is 1. The lowest BCUT2D eigenvalue weighted by molar-refractivity contribution is -0.115. The number of nitrogens with one attached hydrogen (secondary N) is 2. The predicted molar refractivity (Wildman–Crippen MR) is 115 cm³/mol. The Labute approximate surface area is 174 Å². The zero-order chi connectivity index (χ0) is 20.4. The average Bonchev–Trinajstić information content (AvgIpc) is 3.07. The number of hydrazone groups is 1. The van der Waals surface area contributed by atoms with E-state index in [1.165, 1.54) is 0 Å². The molecule has 1 aliphatic rings. The second-order valence-corrected chi connectivity index (χ2v) is 8.16. The van der Waals surface area contributed by atoms with Crippen LogP contribution in [0.4, 0.5) is 5.69 Å². The second-order valence-electron chi connectivity index (χ2n) is 7.34. The van der Waals surface area contributed by atoms with Crippen LogP contribution in [0.15, 0.2) is 35.4 Å². The lowest BCUT2D eigenvalue weighted by atomic mass is 9.99. The summed E-state index contributed by atoms with van der Waals surface area (Å²) in [5, 5.41) is 18.3. The molecule has 3 rings (SSSR count). The van der Waals surface area contributed by atoms with Gasteiger partial charge in [0.05, 0.1) is 22.5 Å². The van der Waals surface area contributed by atoms with Gasteiger partial charge in [0.2, 0.25) is 5.91 Å². The average molecular weight is 420 g/mol. The number of carbonyl (C=O) groups is 1. The Bertz CT molecular complexity index is 941. The van der Waals surface area contributed by atoms with E-state index >= 15 is 0 Å². The number of aromatic hydroxyl groups is 1. The number of rotatable bonds is 5. The summed E-state index contributed by atoms with van der Waals surface area (Å²) < 4.78 is 0. The van der Waals surface area contributed by atoms with E-state index < -0.39 is 0 Å². The van der Waals surface area contributed by atoms with E-state index in [4.69, 9.17) is 23.2 Å². The molecule has 1 amide bonds. The molecule has 7 heteroatoms. The second kappa shape index (κ2) is 8.41. The number of carbonyl (C=O) groups excluding carboxylic acids is 1. The summed E-state index contributed by atoms with van der Waals surface area (Å²) in [6.07, 6.45) is 0.819. The minimum atomic E-state index is -0.140. The SMILES string of the molecule is Cc1cc(O)c(C(C)C)cc1NC(=O)CC1=NNC(c2ccc(Cl)c(Cl)c2)C1. The number of benzene rings is 2.